The zero-order valence-electron chi connectivity index (χ0n) is 21.0. The molecule has 3 atom stereocenters. The van der Waals surface area contributed by atoms with Gasteiger partial charge >= 0.3 is 6.09 Å². The number of rotatable bonds is 2. The highest BCUT2D eigenvalue weighted by Gasteiger charge is 3.06. The number of fused-ring (bicyclic) bond motifs is 1. The van der Waals surface area contributed by atoms with Crippen LogP contribution in [0.2, 0.25) is 0 Å². The minimum atomic E-state index is -1.14. The van der Waals surface area contributed by atoms with E-state index in [2.05, 4.69) is 15.6 Å². The van der Waals surface area contributed by atoms with Crippen LogP contribution in [0.1, 0.15) is 56.2 Å². The Morgan fingerprint density at radius 3 is 2.54 bits per heavy atom. The molecule has 2 amide bonds. The highest BCUT2D eigenvalue weighted by Crippen LogP contribution is 2.89. The quantitative estimate of drug-likeness (QED) is 0.636. The second-order valence-electron chi connectivity index (χ2n) is 11.0. The number of pyridine rings is 1. The van der Waals surface area contributed by atoms with Crippen LogP contribution in [-0.4, -0.2) is 46.6 Å². The molecule has 190 valence electrons. The van der Waals surface area contributed by atoms with E-state index in [1.165, 1.54) is 18.3 Å². The lowest BCUT2D eigenvalue weighted by Crippen LogP contribution is -2.58. The number of hydrogen-bond donors (Lipinski definition) is 2. The van der Waals surface area contributed by atoms with Gasteiger partial charge in [-0.25, -0.2) is 20.1 Å². The third kappa shape index (κ3) is 2.84. The molecule has 2 fully saturated rings. The van der Waals surface area contributed by atoms with Crippen LogP contribution in [0.4, 0.5) is 10.5 Å². The average Bonchev–Trinajstić information content (AvgIpc) is 3.01. The molecule has 11 heteroatoms. The molecule has 37 heavy (non-hydrogen) atoms. The van der Waals surface area contributed by atoms with E-state index >= 15 is 0 Å². The molecule has 4 aliphatic rings. The van der Waals surface area contributed by atoms with E-state index in [1.807, 2.05) is 19.9 Å². The first kappa shape index (κ1) is 23.2. The largest absolute Gasteiger partial charge is 0.486 e. The first-order valence-electron chi connectivity index (χ1n) is 11.8. The van der Waals surface area contributed by atoms with Crippen LogP contribution < -0.4 is 15.4 Å². The number of carbonyl (C=O) groups is 2. The van der Waals surface area contributed by atoms with Crippen molar-refractivity contribution >= 4 is 23.7 Å². The lowest BCUT2D eigenvalue weighted by Gasteiger charge is -2.46. The molecule has 1 aromatic heterocycles. The molecule has 3 unspecified atom stereocenters. The molecule has 1 saturated carbocycles. The maximum Gasteiger partial charge on any atom is 0.415 e. The van der Waals surface area contributed by atoms with E-state index in [1.54, 1.807) is 39.0 Å². The second kappa shape index (κ2) is 6.98. The molecule has 4 heterocycles. The Balaban J connectivity index is 1.35. The molecule has 3 aliphatic heterocycles. The van der Waals surface area contributed by atoms with Gasteiger partial charge in [0.15, 0.2) is 5.54 Å². The molecule has 11 nitrogen and oxygen atoms in total. The summed E-state index contributed by atoms with van der Waals surface area (Å²) in [5.74, 6) is -0.999. The molecule has 0 bridgehead atoms. The predicted molar refractivity (Wildman–Crippen MR) is 129 cm³/mol. The fourth-order valence-corrected chi connectivity index (χ4v) is 5.82. The Kier molecular flexibility index (Phi) is 4.39. The molecule has 1 saturated heterocycles. The maximum absolute atomic E-state index is 12.8. The SMILES string of the molecule is CC(C)(C)OC(=O)NC1=NC23c4cc(NC(=O)c5ccc(C#N)cn5)ccc4OC(C)(C)C24COC34O1. The lowest BCUT2D eigenvalue weighted by molar-refractivity contribution is -0.263. The number of aliphatic imine (C=N–C) groups is 1. The molecular weight excluding hydrogens is 478 g/mol. The van der Waals surface area contributed by atoms with Crippen molar-refractivity contribution in [2.24, 2.45) is 10.4 Å². The summed E-state index contributed by atoms with van der Waals surface area (Å²) in [5.41, 5.74) is -1.27. The standard InChI is InChI=1S/C26H25N5O6/c1-22(2,3)37-21(33)30-20-31-25-16-10-15(29-19(32)17-8-6-14(11-27)12-28-17)7-9-18(16)35-23(4,5)24(25)13-34-26(24,25)36-20/h6-10,12H,13H2,1-5H3,(H,29,32)(H,30,31,33). The molecule has 1 aliphatic carbocycles. The average molecular weight is 504 g/mol. The van der Waals surface area contributed by atoms with E-state index in [0.717, 1.165) is 0 Å². The molecule has 0 radical (unpaired) electrons. The number of ether oxygens (including phenoxy) is 4. The molecule has 2 aromatic rings. The first-order valence-corrected chi connectivity index (χ1v) is 11.8. The highest BCUT2D eigenvalue weighted by molar-refractivity contribution is 6.03. The Bertz CT molecular complexity index is 1440. The van der Waals surface area contributed by atoms with Gasteiger partial charge in [0.25, 0.3) is 17.7 Å². The van der Waals surface area contributed by atoms with Gasteiger partial charge < -0.3 is 24.3 Å². The van der Waals surface area contributed by atoms with Gasteiger partial charge in [-0.3, -0.25) is 4.79 Å². The summed E-state index contributed by atoms with van der Waals surface area (Å²) in [5, 5.41) is 14.4. The van der Waals surface area contributed by atoms with Crippen molar-refractivity contribution in [3.8, 4) is 11.8 Å². The van der Waals surface area contributed by atoms with Crippen LogP contribution in [0, 0.1) is 16.7 Å². The molecular formula is C26H25N5O6. The van der Waals surface area contributed by atoms with Crippen molar-refractivity contribution in [3.05, 3.63) is 53.3 Å². The van der Waals surface area contributed by atoms with Crippen molar-refractivity contribution in [2.75, 3.05) is 11.9 Å². The monoisotopic (exact) mass is 503 g/mol. The number of nitriles is 1. The summed E-state index contributed by atoms with van der Waals surface area (Å²) in [4.78, 5) is 34.1. The van der Waals surface area contributed by atoms with Crippen molar-refractivity contribution in [1.29, 1.82) is 5.26 Å². The van der Waals surface area contributed by atoms with Gasteiger partial charge in [-0.1, -0.05) is 0 Å². The van der Waals surface area contributed by atoms with Crippen LogP contribution in [0.25, 0.3) is 0 Å². The van der Waals surface area contributed by atoms with E-state index in [9.17, 15) is 9.59 Å². The summed E-state index contributed by atoms with van der Waals surface area (Å²) < 4.78 is 23.9. The smallest absolute Gasteiger partial charge is 0.415 e. The van der Waals surface area contributed by atoms with E-state index in [0.29, 0.717) is 29.2 Å². The van der Waals surface area contributed by atoms with Gasteiger partial charge in [-0.05, 0) is 65.0 Å². The molecule has 6 rings (SSSR count). The Morgan fingerprint density at radius 2 is 1.92 bits per heavy atom. The van der Waals surface area contributed by atoms with Crippen LogP contribution in [-0.2, 0) is 19.7 Å². The number of aromatic nitrogens is 1. The number of carbonyl (C=O) groups excluding carboxylic acids is 2. The molecule has 1 aromatic carbocycles. The van der Waals surface area contributed by atoms with E-state index < -0.39 is 39.9 Å². The minimum absolute atomic E-state index is 0.00412. The number of alkyl carbamates (subject to hydrolysis) is 1. The summed E-state index contributed by atoms with van der Waals surface area (Å²) in [6, 6.07) is 10.3. The first-order chi connectivity index (χ1) is 17.4. The van der Waals surface area contributed by atoms with Crippen LogP contribution in [0.5, 0.6) is 5.75 Å². The van der Waals surface area contributed by atoms with Gasteiger partial charge in [0.1, 0.15) is 34.1 Å². The van der Waals surface area contributed by atoms with Gasteiger partial charge in [-0.15, -0.1) is 0 Å². The third-order valence-electron chi connectivity index (χ3n) is 7.35. The zero-order chi connectivity index (χ0) is 26.4. The number of anilines is 1. The number of hydrogen-bond acceptors (Lipinski definition) is 9. The summed E-state index contributed by atoms with van der Waals surface area (Å²) in [6.07, 6.45) is 0.653. The van der Waals surface area contributed by atoms with E-state index in [-0.39, 0.29) is 11.7 Å². The predicted octanol–water partition coefficient (Wildman–Crippen LogP) is 3.21. The van der Waals surface area contributed by atoms with Crippen molar-refractivity contribution < 1.29 is 28.5 Å². The Morgan fingerprint density at radius 1 is 1.14 bits per heavy atom. The summed E-state index contributed by atoms with van der Waals surface area (Å²) in [7, 11) is 0. The number of benzene rings is 1. The highest BCUT2D eigenvalue weighted by atomic mass is 16.8. The van der Waals surface area contributed by atoms with Gasteiger partial charge in [0.2, 0.25) is 0 Å². The Hall–Kier alpha value is -4.17. The van der Waals surface area contributed by atoms with Gasteiger partial charge in [-0.2, -0.15) is 5.26 Å². The summed E-state index contributed by atoms with van der Waals surface area (Å²) >= 11 is 0. The number of nitrogens with zero attached hydrogens (tertiary/aromatic N) is 3. The maximum atomic E-state index is 12.8. The molecule has 3 spiro atoms. The zero-order valence-corrected chi connectivity index (χ0v) is 21.0. The van der Waals surface area contributed by atoms with Gasteiger partial charge in [0.05, 0.1) is 12.2 Å². The van der Waals surface area contributed by atoms with Crippen molar-refractivity contribution in [2.45, 2.75) is 57.1 Å². The number of amidine groups is 1. The lowest BCUT2D eigenvalue weighted by atomic mass is 9.77. The van der Waals surface area contributed by atoms with Crippen LogP contribution in [0.3, 0.4) is 0 Å². The van der Waals surface area contributed by atoms with Crippen LogP contribution in [0.15, 0.2) is 41.5 Å². The number of amides is 2. The molecule has 2 N–H and O–H groups in total. The second-order valence-corrected chi connectivity index (χ2v) is 11.0. The Labute approximate surface area is 212 Å². The van der Waals surface area contributed by atoms with Crippen molar-refractivity contribution in [1.82, 2.24) is 10.3 Å². The number of nitrogens with one attached hydrogen (secondary N) is 2. The van der Waals surface area contributed by atoms with Crippen LogP contribution >= 0.6 is 0 Å². The summed E-state index contributed by atoms with van der Waals surface area (Å²) in [6.45, 7) is 9.57. The normalized spacial score (nSPS) is 29.2. The third-order valence-corrected chi connectivity index (χ3v) is 7.35. The van der Waals surface area contributed by atoms with Crippen molar-refractivity contribution in [3.63, 3.8) is 0 Å². The topological polar surface area (TPSA) is 144 Å². The fourth-order valence-electron chi connectivity index (χ4n) is 5.82. The van der Waals surface area contributed by atoms with Gasteiger partial charge in [0, 0.05) is 17.4 Å². The van der Waals surface area contributed by atoms with E-state index in [4.69, 9.17) is 29.2 Å². The fraction of sp³-hybridized carbons (Fsp3) is 0.423. The minimum Gasteiger partial charge on any atom is -0.486 e.